The number of amides is 3. The predicted octanol–water partition coefficient (Wildman–Crippen LogP) is 3.28. The average Bonchev–Trinajstić information content (AvgIpc) is 3.03. The molecule has 1 aliphatic rings. The Morgan fingerprint density at radius 2 is 2.00 bits per heavy atom. The number of hydrogen-bond acceptors (Lipinski definition) is 5. The van der Waals surface area contributed by atoms with Crippen LogP contribution in [-0.4, -0.2) is 41.0 Å². The van der Waals surface area contributed by atoms with Gasteiger partial charge in [0.15, 0.2) is 0 Å². The molecule has 6 nitrogen and oxygen atoms in total. The molecule has 0 spiro atoms. The molecule has 140 valence electrons. The van der Waals surface area contributed by atoms with E-state index in [1.54, 1.807) is 18.3 Å². The van der Waals surface area contributed by atoms with Gasteiger partial charge in [-0.25, -0.2) is 9.78 Å². The highest BCUT2D eigenvalue weighted by Gasteiger charge is 2.23. The highest BCUT2D eigenvalue weighted by Crippen LogP contribution is 2.22. The second-order valence-corrected chi connectivity index (χ2v) is 8.08. The maximum atomic E-state index is 12.4. The molecule has 1 fully saturated rings. The molecule has 1 atom stereocenters. The van der Waals surface area contributed by atoms with E-state index in [0.717, 1.165) is 40.9 Å². The molecule has 1 aromatic heterocycles. The van der Waals surface area contributed by atoms with Crippen LogP contribution in [0, 0.1) is 0 Å². The first-order chi connectivity index (χ1) is 12.5. The third-order valence-corrected chi connectivity index (χ3v) is 5.96. The smallest absolute Gasteiger partial charge is 0.321 e. The molecule has 0 radical (unpaired) electrons. The molecule has 2 N–H and O–H groups in total. The van der Waals surface area contributed by atoms with Gasteiger partial charge in [0.1, 0.15) is 5.01 Å². The van der Waals surface area contributed by atoms with Crippen LogP contribution in [0.3, 0.4) is 0 Å². The van der Waals surface area contributed by atoms with Crippen molar-refractivity contribution in [3.63, 3.8) is 0 Å². The zero-order chi connectivity index (χ0) is 18.5. The molecule has 1 aliphatic carbocycles. The summed E-state index contributed by atoms with van der Waals surface area (Å²) in [4.78, 5) is 30.9. The fourth-order valence-electron chi connectivity index (χ4n) is 3.22. The van der Waals surface area contributed by atoms with Gasteiger partial charge in [-0.1, -0.05) is 31.4 Å². The Balaban J connectivity index is 1.50. The van der Waals surface area contributed by atoms with Gasteiger partial charge in [-0.05, 0) is 38.9 Å². The number of fused-ring (bicyclic) bond motifs is 1. The summed E-state index contributed by atoms with van der Waals surface area (Å²) in [7, 11) is 1.87. The number of carbonyl (C=O) groups excluding carboxylic acids is 2. The highest BCUT2D eigenvalue weighted by atomic mass is 32.1. The molecular formula is C19H26N4O2S. The molecule has 3 rings (SSSR count). The van der Waals surface area contributed by atoms with Crippen LogP contribution in [0.1, 0.15) is 44.0 Å². The third kappa shape index (κ3) is 4.80. The van der Waals surface area contributed by atoms with Crippen molar-refractivity contribution >= 4 is 33.5 Å². The zero-order valence-electron chi connectivity index (χ0n) is 15.3. The number of para-hydroxylation sites is 1. The monoisotopic (exact) mass is 374 g/mol. The van der Waals surface area contributed by atoms with Crippen molar-refractivity contribution in [2.75, 3.05) is 7.05 Å². The van der Waals surface area contributed by atoms with Gasteiger partial charge >= 0.3 is 6.03 Å². The molecule has 0 aliphatic heterocycles. The maximum Gasteiger partial charge on any atom is 0.321 e. The van der Waals surface area contributed by atoms with E-state index in [9.17, 15) is 9.59 Å². The van der Waals surface area contributed by atoms with Crippen LogP contribution in [0.5, 0.6) is 0 Å². The first-order valence-corrected chi connectivity index (χ1v) is 10.0. The Labute approximate surface area is 158 Å². The molecule has 2 aromatic rings. The van der Waals surface area contributed by atoms with E-state index < -0.39 is 6.04 Å². The summed E-state index contributed by atoms with van der Waals surface area (Å²) in [5.41, 5.74) is 0.977. The lowest BCUT2D eigenvalue weighted by Crippen LogP contribution is -2.50. The summed E-state index contributed by atoms with van der Waals surface area (Å²) >= 11 is 1.63. The Hall–Kier alpha value is -1.99. The van der Waals surface area contributed by atoms with Crippen molar-refractivity contribution < 1.29 is 9.59 Å². The summed E-state index contributed by atoms with van der Waals surface area (Å²) in [5.74, 6) is -0.290. The second-order valence-electron chi connectivity index (χ2n) is 6.96. The first kappa shape index (κ1) is 18.8. The van der Waals surface area contributed by atoms with Gasteiger partial charge in [-0.15, -0.1) is 11.3 Å². The highest BCUT2D eigenvalue weighted by molar-refractivity contribution is 7.18. The van der Waals surface area contributed by atoms with Crippen LogP contribution >= 0.6 is 11.3 Å². The zero-order valence-corrected chi connectivity index (χ0v) is 16.1. The lowest BCUT2D eigenvalue weighted by Gasteiger charge is -2.25. The Morgan fingerprint density at radius 1 is 1.27 bits per heavy atom. The minimum Gasteiger partial charge on any atom is -0.335 e. The minimum absolute atomic E-state index is 0.187. The van der Waals surface area contributed by atoms with Crippen molar-refractivity contribution in [1.29, 1.82) is 0 Å². The summed E-state index contributed by atoms with van der Waals surface area (Å²) in [6.45, 7) is 2.37. The molecule has 1 heterocycles. The predicted molar refractivity (Wildman–Crippen MR) is 104 cm³/mol. The third-order valence-electron chi connectivity index (χ3n) is 4.94. The van der Waals surface area contributed by atoms with E-state index in [1.807, 2.05) is 36.2 Å². The van der Waals surface area contributed by atoms with E-state index in [0.29, 0.717) is 6.54 Å². The molecule has 1 aromatic carbocycles. The maximum absolute atomic E-state index is 12.4. The number of carbonyl (C=O) groups is 2. The first-order valence-electron chi connectivity index (χ1n) is 9.19. The van der Waals surface area contributed by atoms with Crippen LogP contribution in [0.15, 0.2) is 24.3 Å². The van der Waals surface area contributed by atoms with Crippen LogP contribution < -0.4 is 10.6 Å². The van der Waals surface area contributed by atoms with Crippen LogP contribution in [0.4, 0.5) is 4.79 Å². The van der Waals surface area contributed by atoms with E-state index in [4.69, 9.17) is 0 Å². The van der Waals surface area contributed by atoms with Crippen molar-refractivity contribution in [3.8, 4) is 0 Å². The van der Waals surface area contributed by atoms with E-state index in [-0.39, 0.29) is 18.0 Å². The molecule has 26 heavy (non-hydrogen) atoms. The largest absolute Gasteiger partial charge is 0.335 e. The number of imide groups is 1. The van der Waals surface area contributed by atoms with E-state index >= 15 is 0 Å². The van der Waals surface area contributed by atoms with E-state index in [2.05, 4.69) is 15.6 Å². The Kier molecular flexibility index (Phi) is 6.21. The van der Waals surface area contributed by atoms with Crippen molar-refractivity contribution in [2.45, 2.75) is 57.7 Å². The number of urea groups is 1. The number of thiazole rings is 1. The lowest BCUT2D eigenvalue weighted by molar-refractivity contribution is -0.124. The number of rotatable bonds is 5. The molecule has 0 unspecified atom stereocenters. The van der Waals surface area contributed by atoms with Gasteiger partial charge in [-0.2, -0.15) is 0 Å². The number of hydrogen-bond donors (Lipinski definition) is 2. The Morgan fingerprint density at radius 3 is 2.73 bits per heavy atom. The molecule has 0 saturated heterocycles. The second kappa shape index (κ2) is 8.60. The average molecular weight is 375 g/mol. The fraction of sp³-hybridized carbons (Fsp3) is 0.526. The van der Waals surface area contributed by atoms with Crippen LogP contribution in [0.2, 0.25) is 0 Å². The summed E-state index contributed by atoms with van der Waals surface area (Å²) in [6.07, 6.45) is 5.50. The van der Waals surface area contributed by atoms with Gasteiger partial charge < -0.3 is 5.32 Å². The summed E-state index contributed by atoms with van der Waals surface area (Å²) < 4.78 is 1.14. The standard InChI is InChI=1S/C19H26N4O2S/c1-13(18(24)22-19(25)20-14-8-4-3-5-9-14)23(2)12-17-21-15-10-6-7-11-16(15)26-17/h6-7,10-11,13-14H,3-5,8-9,12H2,1-2H3,(H2,20,22,24,25)/t13-/m0/s1. The molecule has 7 heteroatoms. The van der Waals surface area contributed by atoms with Crippen LogP contribution in [-0.2, 0) is 11.3 Å². The topological polar surface area (TPSA) is 74.3 Å². The van der Waals surface area contributed by atoms with Crippen molar-refractivity contribution in [3.05, 3.63) is 29.3 Å². The van der Waals surface area contributed by atoms with Gasteiger partial charge in [-0.3, -0.25) is 15.0 Å². The number of likely N-dealkylation sites (N-methyl/N-ethyl adjacent to an activating group) is 1. The quantitative estimate of drug-likeness (QED) is 0.842. The molecule has 0 bridgehead atoms. The number of benzene rings is 1. The molecular weight excluding hydrogens is 348 g/mol. The normalized spacial score (nSPS) is 16.6. The summed E-state index contributed by atoms with van der Waals surface area (Å²) in [6, 6.07) is 7.38. The van der Waals surface area contributed by atoms with E-state index in [1.165, 1.54) is 6.42 Å². The number of aromatic nitrogens is 1. The SMILES string of the molecule is C[C@@H](C(=O)NC(=O)NC1CCCCC1)N(C)Cc1nc2ccccc2s1. The lowest BCUT2D eigenvalue weighted by atomic mass is 9.96. The van der Waals surface area contributed by atoms with Gasteiger partial charge in [0, 0.05) is 6.04 Å². The Bertz CT molecular complexity index is 737. The van der Waals surface area contributed by atoms with Gasteiger partial charge in [0.05, 0.1) is 22.8 Å². The number of nitrogens with one attached hydrogen (secondary N) is 2. The number of nitrogens with zero attached hydrogens (tertiary/aromatic N) is 2. The summed E-state index contributed by atoms with van der Waals surface area (Å²) in [5, 5.41) is 6.34. The molecule has 1 saturated carbocycles. The fourth-order valence-corrected chi connectivity index (χ4v) is 4.25. The van der Waals surface area contributed by atoms with Gasteiger partial charge in [0.25, 0.3) is 0 Å². The minimum atomic E-state index is -0.417. The van der Waals surface area contributed by atoms with Crippen molar-refractivity contribution in [1.82, 2.24) is 20.5 Å². The van der Waals surface area contributed by atoms with Crippen LogP contribution in [0.25, 0.3) is 10.2 Å². The van der Waals surface area contributed by atoms with Gasteiger partial charge in [0.2, 0.25) is 5.91 Å². The molecule has 3 amide bonds. The van der Waals surface area contributed by atoms with Crippen molar-refractivity contribution in [2.24, 2.45) is 0 Å².